The Balaban J connectivity index is 2.73. The molecule has 0 aliphatic carbocycles. The molecule has 0 heterocycles. The molecule has 15 heavy (non-hydrogen) atoms. The Labute approximate surface area is 89.2 Å². The van der Waals surface area contributed by atoms with Crippen LogP contribution in [-0.4, -0.2) is 19.1 Å². The molecule has 1 aromatic carbocycles. The van der Waals surface area contributed by atoms with Crippen LogP contribution in [0.4, 0.5) is 5.69 Å². The maximum Gasteiger partial charge on any atom is 0.322 e. The normalized spacial score (nSPS) is 12.2. The molecule has 0 aliphatic rings. The van der Waals surface area contributed by atoms with E-state index in [0.29, 0.717) is 12.1 Å². The zero-order valence-corrected chi connectivity index (χ0v) is 8.99. The number of ether oxygens (including phenoxy) is 1. The molecule has 82 valence electrons. The van der Waals surface area contributed by atoms with Gasteiger partial charge in [-0.1, -0.05) is 12.1 Å². The minimum Gasteiger partial charge on any atom is -0.468 e. The van der Waals surface area contributed by atoms with Crippen LogP contribution in [0, 0.1) is 6.92 Å². The van der Waals surface area contributed by atoms with E-state index in [9.17, 15) is 4.79 Å². The van der Waals surface area contributed by atoms with Crippen molar-refractivity contribution in [1.82, 2.24) is 0 Å². The molecule has 1 aromatic rings. The van der Waals surface area contributed by atoms with Gasteiger partial charge in [-0.25, -0.2) is 0 Å². The van der Waals surface area contributed by atoms with Crippen molar-refractivity contribution in [3.8, 4) is 0 Å². The third-order valence-corrected chi connectivity index (χ3v) is 2.30. The van der Waals surface area contributed by atoms with Gasteiger partial charge in [0.25, 0.3) is 0 Å². The Morgan fingerprint density at radius 3 is 2.73 bits per heavy atom. The predicted molar refractivity (Wildman–Crippen MR) is 59.3 cm³/mol. The summed E-state index contributed by atoms with van der Waals surface area (Å²) in [6.45, 7) is 1.93. The van der Waals surface area contributed by atoms with Gasteiger partial charge in [-0.3, -0.25) is 4.79 Å². The van der Waals surface area contributed by atoms with Crippen molar-refractivity contribution in [1.29, 1.82) is 0 Å². The largest absolute Gasteiger partial charge is 0.468 e. The number of benzene rings is 1. The molecule has 0 saturated heterocycles. The van der Waals surface area contributed by atoms with Gasteiger partial charge in [-0.2, -0.15) is 0 Å². The van der Waals surface area contributed by atoms with E-state index in [-0.39, 0.29) is 0 Å². The summed E-state index contributed by atoms with van der Waals surface area (Å²) in [5.74, 6) is -0.408. The Morgan fingerprint density at radius 1 is 1.53 bits per heavy atom. The van der Waals surface area contributed by atoms with Gasteiger partial charge in [0.2, 0.25) is 0 Å². The van der Waals surface area contributed by atoms with E-state index in [1.165, 1.54) is 7.11 Å². The first-order valence-corrected chi connectivity index (χ1v) is 4.73. The lowest BCUT2D eigenvalue weighted by atomic mass is 10.0. The average molecular weight is 208 g/mol. The number of hydrogen-bond acceptors (Lipinski definition) is 4. The molecule has 0 aliphatic heterocycles. The minimum absolute atomic E-state index is 0.408. The van der Waals surface area contributed by atoms with Gasteiger partial charge >= 0.3 is 5.97 Å². The van der Waals surface area contributed by atoms with Gasteiger partial charge in [-0.15, -0.1) is 0 Å². The van der Waals surface area contributed by atoms with Crippen LogP contribution in [0.3, 0.4) is 0 Å². The van der Waals surface area contributed by atoms with Crippen molar-refractivity contribution in [3.05, 3.63) is 29.3 Å². The standard InChI is InChI=1S/C11H16N2O2/c1-7-3-4-8(5-9(7)12)6-10(13)11(14)15-2/h3-5,10H,6,12-13H2,1-2H3/t10-/m0/s1. The summed E-state index contributed by atoms with van der Waals surface area (Å²) >= 11 is 0. The maximum atomic E-state index is 11.1. The summed E-state index contributed by atoms with van der Waals surface area (Å²) in [5.41, 5.74) is 14.1. The van der Waals surface area contributed by atoms with Crippen molar-refractivity contribution < 1.29 is 9.53 Å². The zero-order chi connectivity index (χ0) is 11.4. The fourth-order valence-electron chi connectivity index (χ4n) is 1.31. The minimum atomic E-state index is -0.628. The molecule has 0 amide bonds. The lowest BCUT2D eigenvalue weighted by Gasteiger charge is -2.10. The molecule has 0 bridgehead atoms. The molecule has 4 nitrogen and oxygen atoms in total. The topological polar surface area (TPSA) is 78.3 Å². The zero-order valence-electron chi connectivity index (χ0n) is 8.99. The number of rotatable bonds is 3. The Kier molecular flexibility index (Phi) is 3.68. The first-order chi connectivity index (χ1) is 7.04. The van der Waals surface area contributed by atoms with Crippen LogP contribution in [0.5, 0.6) is 0 Å². The van der Waals surface area contributed by atoms with E-state index in [4.69, 9.17) is 11.5 Å². The van der Waals surface area contributed by atoms with Crippen LogP contribution >= 0.6 is 0 Å². The molecule has 0 fully saturated rings. The number of nitrogens with two attached hydrogens (primary N) is 2. The Bertz CT molecular complexity index is 364. The summed E-state index contributed by atoms with van der Waals surface area (Å²) in [7, 11) is 1.33. The molecule has 0 radical (unpaired) electrons. The van der Waals surface area contributed by atoms with Crippen molar-refractivity contribution >= 4 is 11.7 Å². The number of esters is 1. The number of hydrogen-bond donors (Lipinski definition) is 2. The van der Waals surface area contributed by atoms with Gasteiger partial charge in [0, 0.05) is 5.69 Å². The maximum absolute atomic E-state index is 11.1. The van der Waals surface area contributed by atoms with Crippen molar-refractivity contribution in [2.75, 3.05) is 12.8 Å². The number of nitrogen functional groups attached to an aromatic ring is 1. The van der Waals surface area contributed by atoms with E-state index in [0.717, 1.165) is 11.1 Å². The third kappa shape index (κ3) is 2.95. The molecular formula is C11H16N2O2. The van der Waals surface area contributed by atoms with E-state index in [2.05, 4.69) is 4.74 Å². The van der Waals surface area contributed by atoms with E-state index in [1.807, 2.05) is 25.1 Å². The summed E-state index contributed by atoms with van der Waals surface area (Å²) in [5, 5.41) is 0. The SMILES string of the molecule is COC(=O)[C@@H](N)Cc1ccc(C)c(N)c1. The first-order valence-electron chi connectivity index (χ1n) is 4.73. The molecule has 1 rings (SSSR count). The molecular weight excluding hydrogens is 192 g/mol. The van der Waals surface area contributed by atoms with Gasteiger partial charge in [0.1, 0.15) is 6.04 Å². The first kappa shape index (κ1) is 11.5. The van der Waals surface area contributed by atoms with Gasteiger partial charge < -0.3 is 16.2 Å². The van der Waals surface area contributed by atoms with Gasteiger partial charge in [0.05, 0.1) is 7.11 Å². The molecule has 4 N–H and O–H groups in total. The number of carbonyl (C=O) groups is 1. The Hall–Kier alpha value is -1.55. The average Bonchev–Trinajstić information content (AvgIpc) is 2.22. The van der Waals surface area contributed by atoms with Crippen LogP contribution in [0.1, 0.15) is 11.1 Å². The fraction of sp³-hybridized carbons (Fsp3) is 0.364. The third-order valence-electron chi connectivity index (χ3n) is 2.30. The monoisotopic (exact) mass is 208 g/mol. The highest BCUT2D eigenvalue weighted by atomic mass is 16.5. The van der Waals surface area contributed by atoms with Crippen molar-refractivity contribution in [2.45, 2.75) is 19.4 Å². The smallest absolute Gasteiger partial charge is 0.322 e. The van der Waals surface area contributed by atoms with E-state index >= 15 is 0 Å². The Morgan fingerprint density at radius 2 is 2.20 bits per heavy atom. The predicted octanol–water partition coefficient (Wildman–Crippen LogP) is 0.620. The lowest BCUT2D eigenvalue weighted by molar-refractivity contribution is -0.142. The number of methoxy groups -OCH3 is 1. The van der Waals surface area contributed by atoms with E-state index in [1.54, 1.807) is 0 Å². The highest BCUT2D eigenvalue weighted by Crippen LogP contribution is 2.14. The van der Waals surface area contributed by atoms with Crippen LogP contribution in [-0.2, 0) is 16.0 Å². The molecule has 0 saturated carbocycles. The highest BCUT2D eigenvalue weighted by molar-refractivity contribution is 5.75. The molecule has 4 heteroatoms. The second-order valence-corrected chi connectivity index (χ2v) is 3.52. The molecule has 0 unspecified atom stereocenters. The second-order valence-electron chi connectivity index (χ2n) is 3.52. The number of carbonyl (C=O) groups excluding carboxylic acids is 1. The number of anilines is 1. The van der Waals surface area contributed by atoms with Gasteiger partial charge in [0.15, 0.2) is 0 Å². The van der Waals surface area contributed by atoms with Crippen LogP contribution < -0.4 is 11.5 Å². The molecule has 0 aromatic heterocycles. The van der Waals surface area contributed by atoms with Crippen LogP contribution in [0.15, 0.2) is 18.2 Å². The summed E-state index contributed by atoms with van der Waals surface area (Å²) in [6.07, 6.45) is 0.442. The van der Waals surface area contributed by atoms with Crippen molar-refractivity contribution in [3.63, 3.8) is 0 Å². The quantitative estimate of drug-likeness (QED) is 0.564. The molecule has 1 atom stereocenters. The number of aryl methyl sites for hydroxylation is 1. The van der Waals surface area contributed by atoms with Crippen LogP contribution in [0.2, 0.25) is 0 Å². The van der Waals surface area contributed by atoms with E-state index < -0.39 is 12.0 Å². The fourth-order valence-corrected chi connectivity index (χ4v) is 1.31. The van der Waals surface area contributed by atoms with Gasteiger partial charge in [-0.05, 0) is 30.5 Å². The summed E-state index contributed by atoms with van der Waals surface area (Å²) in [6, 6.07) is 5.03. The lowest BCUT2D eigenvalue weighted by Crippen LogP contribution is -2.33. The highest BCUT2D eigenvalue weighted by Gasteiger charge is 2.14. The summed E-state index contributed by atoms with van der Waals surface area (Å²) in [4.78, 5) is 11.1. The van der Waals surface area contributed by atoms with Crippen molar-refractivity contribution in [2.24, 2.45) is 5.73 Å². The second kappa shape index (κ2) is 4.79. The summed E-state index contributed by atoms with van der Waals surface area (Å²) < 4.78 is 4.54. The van der Waals surface area contributed by atoms with Crippen LogP contribution in [0.25, 0.3) is 0 Å². The molecule has 0 spiro atoms.